The second kappa shape index (κ2) is 8.29. The summed E-state index contributed by atoms with van der Waals surface area (Å²) < 4.78 is 0. The Kier molecular flexibility index (Phi) is 6.35. The minimum absolute atomic E-state index is 0.740. The average Bonchev–Trinajstić information content (AvgIpc) is 2.62. The Labute approximate surface area is 177 Å². The second-order valence-corrected chi connectivity index (χ2v) is 12.1. The third-order valence-corrected chi connectivity index (χ3v) is 10.4. The van der Waals surface area contributed by atoms with E-state index in [1.807, 2.05) is 13.8 Å². The van der Waals surface area contributed by atoms with Crippen molar-refractivity contribution in [3.63, 3.8) is 0 Å². The van der Waals surface area contributed by atoms with Crippen LogP contribution < -0.4 is 5.32 Å². The first-order chi connectivity index (χ1) is 13.1. The molecule has 0 amide bonds. The number of hydrogen-bond donors (Lipinski definition) is 1. The zero-order valence-corrected chi connectivity index (χ0v) is 19.8. The van der Waals surface area contributed by atoms with E-state index in [1.54, 1.807) is 77.0 Å². The molecule has 1 nitrogen and oxygen atoms in total. The Bertz CT molecular complexity index is 428. The molecule has 0 aromatic rings. The second-order valence-electron chi connectivity index (χ2n) is 11.5. The maximum Gasteiger partial charge on any atom is 0.00882 e. The molecule has 0 spiro atoms. The zero-order valence-electron chi connectivity index (χ0n) is 18.2. The Hall–Kier alpha value is 0.440. The van der Waals surface area contributed by atoms with Gasteiger partial charge in [0, 0.05) is 11.9 Å². The molecule has 0 radical (unpaired) electrons. The molecule has 8 saturated carbocycles. The molecule has 8 aliphatic rings. The van der Waals surface area contributed by atoms with E-state index in [9.17, 15) is 0 Å². The number of halogens is 1. The highest BCUT2D eigenvalue weighted by Gasteiger charge is 2.51. The maximum absolute atomic E-state index is 3.74. The van der Waals surface area contributed by atoms with Gasteiger partial charge in [0.05, 0.1) is 0 Å². The Morgan fingerprint density at radius 3 is 1.19 bits per heavy atom. The Morgan fingerprint density at radius 2 is 0.926 bits per heavy atom. The molecule has 0 saturated heterocycles. The predicted molar refractivity (Wildman–Crippen MR) is 120 cm³/mol. The summed E-state index contributed by atoms with van der Waals surface area (Å²) >= 11 is 3.74. The highest BCUT2D eigenvalue weighted by atomic mass is 79.9. The summed E-state index contributed by atoms with van der Waals surface area (Å²) in [6.07, 6.45) is 18.7. The Balaban J connectivity index is 0.000000123. The lowest BCUT2D eigenvalue weighted by atomic mass is 9.49. The Morgan fingerprint density at radius 1 is 0.630 bits per heavy atom. The molecule has 8 rings (SSSR count). The van der Waals surface area contributed by atoms with Crippen molar-refractivity contribution in [1.29, 1.82) is 0 Å². The maximum atomic E-state index is 3.74. The van der Waals surface area contributed by atoms with Crippen molar-refractivity contribution in [3.05, 3.63) is 0 Å². The molecule has 1 N–H and O–H groups in total. The molecule has 0 unspecified atom stereocenters. The van der Waals surface area contributed by atoms with E-state index >= 15 is 0 Å². The zero-order chi connectivity index (χ0) is 19.1. The summed E-state index contributed by atoms with van der Waals surface area (Å²) in [5, 5.41) is 4.71. The molecule has 156 valence electrons. The van der Waals surface area contributed by atoms with Crippen LogP contribution in [-0.4, -0.2) is 18.9 Å². The van der Waals surface area contributed by atoms with E-state index in [-0.39, 0.29) is 0 Å². The normalized spacial score (nSPS) is 50.7. The van der Waals surface area contributed by atoms with Crippen LogP contribution in [0.3, 0.4) is 0 Å². The summed E-state index contributed by atoms with van der Waals surface area (Å²) in [4.78, 5) is 0. The van der Waals surface area contributed by atoms with Crippen LogP contribution in [-0.2, 0) is 0 Å². The summed E-state index contributed by atoms with van der Waals surface area (Å²) in [7, 11) is 2.12. The average molecular weight is 439 g/mol. The van der Waals surface area contributed by atoms with Crippen molar-refractivity contribution < 1.29 is 0 Å². The molecule has 0 aliphatic heterocycles. The van der Waals surface area contributed by atoms with Gasteiger partial charge >= 0.3 is 0 Å². The van der Waals surface area contributed by atoms with E-state index in [1.165, 1.54) is 11.9 Å². The van der Waals surface area contributed by atoms with Crippen LogP contribution in [0, 0.1) is 46.3 Å². The fourth-order valence-electron chi connectivity index (χ4n) is 9.34. The molecular formula is C25H44BrN. The van der Waals surface area contributed by atoms with Gasteiger partial charge in [-0.1, -0.05) is 29.8 Å². The van der Waals surface area contributed by atoms with Gasteiger partial charge in [-0.3, -0.25) is 0 Å². The van der Waals surface area contributed by atoms with Gasteiger partial charge in [0.25, 0.3) is 0 Å². The first-order valence-corrected chi connectivity index (χ1v) is 13.4. The molecule has 0 aromatic carbocycles. The monoisotopic (exact) mass is 437 g/mol. The van der Waals surface area contributed by atoms with Crippen LogP contribution in [0.4, 0.5) is 0 Å². The molecule has 27 heavy (non-hydrogen) atoms. The van der Waals surface area contributed by atoms with E-state index < -0.39 is 0 Å². The summed E-state index contributed by atoms with van der Waals surface area (Å²) in [6.45, 7) is 5.29. The molecule has 8 aliphatic carbocycles. The molecule has 8 fully saturated rings. The van der Waals surface area contributed by atoms with E-state index in [0.717, 1.165) is 46.3 Å². The highest BCUT2D eigenvalue weighted by molar-refractivity contribution is 9.09. The van der Waals surface area contributed by atoms with Crippen LogP contribution in [0.25, 0.3) is 0 Å². The fourth-order valence-corrected chi connectivity index (χ4v) is 10.0. The standard InChI is InChI=1S/C12H21N.C11H17Br.C2H6/c1-13-8-12-5-9-2-10(6-12)4-11(3-9)7-12;12-7-11-4-8-1-9(5-11)3-10(2-8)6-11;1-2/h9-11,13H,2-8H2,1H3;8-10H,1-7H2;1-2H3. The summed E-state index contributed by atoms with van der Waals surface area (Å²) in [5.74, 6) is 6.69. The highest BCUT2D eigenvalue weighted by Crippen LogP contribution is 2.61. The predicted octanol–water partition coefficient (Wildman–Crippen LogP) is 7.05. The molecule has 8 bridgehead atoms. The number of hydrogen-bond acceptors (Lipinski definition) is 1. The quantitative estimate of drug-likeness (QED) is 0.466. The first kappa shape index (κ1) is 20.7. The lowest BCUT2D eigenvalue weighted by molar-refractivity contribution is -0.0503. The van der Waals surface area contributed by atoms with E-state index in [4.69, 9.17) is 0 Å². The molecule has 0 aromatic heterocycles. The van der Waals surface area contributed by atoms with Crippen LogP contribution in [0.2, 0.25) is 0 Å². The third kappa shape index (κ3) is 4.18. The van der Waals surface area contributed by atoms with Gasteiger partial charge in [0.1, 0.15) is 0 Å². The molecule has 0 heterocycles. The minimum atomic E-state index is 0.740. The molecular weight excluding hydrogens is 394 g/mol. The van der Waals surface area contributed by atoms with Crippen molar-refractivity contribution in [1.82, 2.24) is 5.32 Å². The smallest absolute Gasteiger partial charge is 0.00882 e. The van der Waals surface area contributed by atoms with Crippen LogP contribution in [0.1, 0.15) is 90.9 Å². The van der Waals surface area contributed by atoms with Crippen molar-refractivity contribution in [2.45, 2.75) is 90.9 Å². The van der Waals surface area contributed by atoms with Gasteiger partial charge in [0.2, 0.25) is 0 Å². The van der Waals surface area contributed by atoms with Crippen molar-refractivity contribution >= 4 is 15.9 Å². The van der Waals surface area contributed by atoms with Gasteiger partial charge < -0.3 is 5.32 Å². The minimum Gasteiger partial charge on any atom is -0.319 e. The van der Waals surface area contributed by atoms with Crippen molar-refractivity contribution in [2.24, 2.45) is 46.3 Å². The van der Waals surface area contributed by atoms with Gasteiger partial charge in [0.15, 0.2) is 0 Å². The van der Waals surface area contributed by atoms with Crippen molar-refractivity contribution in [2.75, 3.05) is 18.9 Å². The third-order valence-electron chi connectivity index (χ3n) is 9.17. The van der Waals surface area contributed by atoms with Gasteiger partial charge in [-0.25, -0.2) is 0 Å². The van der Waals surface area contributed by atoms with Gasteiger partial charge in [-0.2, -0.15) is 0 Å². The molecule has 0 atom stereocenters. The SMILES string of the molecule is BrCC12CC3CC(CC(C3)C1)C2.CC.CNCC12CC3CC(CC(C3)C1)C2. The lowest BCUT2D eigenvalue weighted by Crippen LogP contribution is -2.49. The van der Waals surface area contributed by atoms with Crippen LogP contribution in [0.5, 0.6) is 0 Å². The van der Waals surface area contributed by atoms with E-state index in [0.29, 0.717) is 0 Å². The van der Waals surface area contributed by atoms with Gasteiger partial charge in [-0.15, -0.1) is 0 Å². The first-order valence-electron chi connectivity index (χ1n) is 12.3. The topological polar surface area (TPSA) is 12.0 Å². The van der Waals surface area contributed by atoms with Crippen LogP contribution >= 0.6 is 15.9 Å². The number of rotatable bonds is 3. The lowest BCUT2D eigenvalue weighted by Gasteiger charge is -2.57. The fraction of sp³-hybridized carbons (Fsp3) is 1.00. The number of nitrogens with one attached hydrogen (secondary N) is 1. The largest absolute Gasteiger partial charge is 0.319 e. The summed E-state index contributed by atoms with van der Waals surface area (Å²) in [6, 6.07) is 0. The van der Waals surface area contributed by atoms with E-state index in [2.05, 4.69) is 28.3 Å². The molecule has 2 heteroatoms. The van der Waals surface area contributed by atoms with Crippen molar-refractivity contribution in [3.8, 4) is 0 Å². The van der Waals surface area contributed by atoms with Crippen LogP contribution in [0.15, 0.2) is 0 Å². The van der Waals surface area contributed by atoms with Gasteiger partial charge in [-0.05, 0) is 130 Å². The summed E-state index contributed by atoms with van der Waals surface area (Å²) in [5.41, 5.74) is 1.50. The number of alkyl halides is 1.